The number of hydrogen-bond donors (Lipinski definition) is 0. The van der Waals surface area contributed by atoms with E-state index in [2.05, 4.69) is 21.4 Å². The number of pyridine rings is 1. The van der Waals surface area contributed by atoms with Crippen molar-refractivity contribution in [2.24, 2.45) is 0 Å². The molecule has 0 bridgehead atoms. The molecule has 3 aromatic rings. The van der Waals surface area contributed by atoms with E-state index in [1.54, 1.807) is 4.68 Å². The predicted octanol–water partition coefficient (Wildman–Crippen LogP) is 2.18. The molecular weight excluding hydrogens is 250 g/mol. The van der Waals surface area contributed by atoms with Gasteiger partial charge in [-0.15, -0.1) is 5.10 Å². The lowest BCUT2D eigenvalue weighted by molar-refractivity contribution is 0.791. The molecule has 2 aromatic heterocycles. The summed E-state index contributed by atoms with van der Waals surface area (Å²) in [5.74, 6) is 0.585. The number of para-hydroxylation sites is 1. The topological polar surface area (TPSA) is 67.4 Å². The molecule has 5 heteroatoms. The second kappa shape index (κ2) is 4.14. The van der Waals surface area contributed by atoms with Crippen LogP contribution in [0.4, 0.5) is 0 Å². The van der Waals surface area contributed by atoms with Crippen LogP contribution in [0.2, 0.25) is 0 Å². The maximum Gasteiger partial charge on any atom is 0.174 e. The molecule has 0 saturated heterocycles. The number of aryl methyl sites for hydroxylation is 2. The average molecular weight is 261 g/mol. The van der Waals surface area contributed by atoms with Crippen molar-refractivity contribution in [1.29, 1.82) is 5.26 Å². The van der Waals surface area contributed by atoms with Gasteiger partial charge in [-0.3, -0.25) is 0 Å². The van der Waals surface area contributed by atoms with Crippen LogP contribution in [0, 0.1) is 11.3 Å². The molecule has 1 aliphatic rings. The molecular formula is C15H11N5. The van der Waals surface area contributed by atoms with Gasteiger partial charge in [0.05, 0.1) is 11.1 Å². The molecule has 0 aliphatic heterocycles. The highest BCUT2D eigenvalue weighted by Gasteiger charge is 2.19. The Morgan fingerprint density at radius 1 is 1.20 bits per heavy atom. The summed E-state index contributed by atoms with van der Waals surface area (Å²) >= 11 is 0. The SMILES string of the molecule is N#Cc1cc2c(nc1-n1nnc3ccccc31)CCC2. The van der Waals surface area contributed by atoms with Crippen LogP contribution in [0.25, 0.3) is 16.9 Å². The minimum Gasteiger partial charge on any atom is -0.232 e. The summed E-state index contributed by atoms with van der Waals surface area (Å²) in [6.07, 6.45) is 3.09. The molecule has 0 atom stereocenters. The number of hydrogen-bond acceptors (Lipinski definition) is 4. The summed E-state index contributed by atoms with van der Waals surface area (Å²) in [7, 11) is 0. The second-order valence-corrected chi connectivity index (χ2v) is 4.92. The molecule has 0 unspecified atom stereocenters. The Morgan fingerprint density at radius 3 is 3.00 bits per heavy atom. The van der Waals surface area contributed by atoms with Crippen LogP contribution in [-0.4, -0.2) is 20.0 Å². The monoisotopic (exact) mass is 261 g/mol. The van der Waals surface area contributed by atoms with E-state index in [1.807, 2.05) is 30.3 Å². The first-order chi connectivity index (χ1) is 9.86. The fourth-order valence-corrected chi connectivity index (χ4v) is 2.73. The Bertz CT molecular complexity index is 856. The number of benzene rings is 1. The molecule has 0 radical (unpaired) electrons. The molecule has 20 heavy (non-hydrogen) atoms. The van der Waals surface area contributed by atoms with E-state index in [4.69, 9.17) is 0 Å². The third-order valence-corrected chi connectivity index (χ3v) is 3.70. The molecule has 0 fully saturated rings. The smallest absolute Gasteiger partial charge is 0.174 e. The molecule has 1 aliphatic carbocycles. The number of nitrogens with zero attached hydrogens (tertiary/aromatic N) is 5. The van der Waals surface area contributed by atoms with Crippen molar-refractivity contribution < 1.29 is 0 Å². The Labute approximate surface area is 115 Å². The first-order valence-corrected chi connectivity index (χ1v) is 6.60. The highest BCUT2D eigenvalue weighted by Crippen LogP contribution is 2.25. The van der Waals surface area contributed by atoms with Crippen molar-refractivity contribution in [2.75, 3.05) is 0 Å². The third kappa shape index (κ3) is 1.51. The Hall–Kier alpha value is -2.74. The minimum absolute atomic E-state index is 0.557. The van der Waals surface area contributed by atoms with Gasteiger partial charge in [-0.1, -0.05) is 17.3 Å². The van der Waals surface area contributed by atoms with Gasteiger partial charge >= 0.3 is 0 Å². The van der Waals surface area contributed by atoms with Crippen molar-refractivity contribution in [3.05, 3.63) is 47.2 Å². The zero-order valence-electron chi connectivity index (χ0n) is 10.7. The van der Waals surface area contributed by atoms with Gasteiger partial charge in [0.25, 0.3) is 0 Å². The maximum atomic E-state index is 9.37. The van der Waals surface area contributed by atoms with Crippen molar-refractivity contribution in [3.63, 3.8) is 0 Å². The van der Waals surface area contributed by atoms with Gasteiger partial charge < -0.3 is 0 Å². The standard InChI is InChI=1S/C15H11N5/c16-9-11-8-10-4-3-6-12(10)17-15(11)20-14-7-2-1-5-13(14)18-19-20/h1-2,5,7-8H,3-4,6H2. The average Bonchev–Trinajstić information content (AvgIpc) is 3.11. The quantitative estimate of drug-likeness (QED) is 0.673. The summed E-state index contributed by atoms with van der Waals surface area (Å²) in [6, 6.07) is 11.9. The van der Waals surface area contributed by atoms with Crippen LogP contribution >= 0.6 is 0 Å². The van der Waals surface area contributed by atoms with Crippen LogP contribution in [0.3, 0.4) is 0 Å². The first-order valence-electron chi connectivity index (χ1n) is 6.60. The van der Waals surface area contributed by atoms with Gasteiger partial charge in [0.15, 0.2) is 5.82 Å². The van der Waals surface area contributed by atoms with E-state index < -0.39 is 0 Å². The highest BCUT2D eigenvalue weighted by atomic mass is 15.4. The van der Waals surface area contributed by atoms with Crippen LogP contribution in [0.15, 0.2) is 30.3 Å². The second-order valence-electron chi connectivity index (χ2n) is 4.92. The van der Waals surface area contributed by atoms with Gasteiger partial charge in [-0.05, 0) is 43.0 Å². The molecule has 0 amide bonds. The van der Waals surface area contributed by atoms with Crippen LogP contribution in [0.5, 0.6) is 0 Å². The van der Waals surface area contributed by atoms with Gasteiger partial charge in [0, 0.05) is 5.69 Å². The zero-order chi connectivity index (χ0) is 13.5. The number of fused-ring (bicyclic) bond motifs is 2. The highest BCUT2D eigenvalue weighted by molar-refractivity contribution is 5.76. The molecule has 0 spiro atoms. The van der Waals surface area contributed by atoms with Gasteiger partial charge in [-0.25, -0.2) is 4.98 Å². The lowest BCUT2D eigenvalue weighted by atomic mass is 10.1. The number of aromatic nitrogens is 4. The van der Waals surface area contributed by atoms with Crippen LogP contribution in [-0.2, 0) is 12.8 Å². The molecule has 0 N–H and O–H groups in total. The van der Waals surface area contributed by atoms with E-state index in [9.17, 15) is 5.26 Å². The summed E-state index contributed by atoms with van der Waals surface area (Å²) in [6.45, 7) is 0. The third-order valence-electron chi connectivity index (χ3n) is 3.70. The van der Waals surface area contributed by atoms with E-state index in [0.29, 0.717) is 11.4 Å². The Morgan fingerprint density at radius 2 is 2.10 bits per heavy atom. The molecule has 1 aromatic carbocycles. The molecule has 0 saturated carbocycles. The van der Waals surface area contributed by atoms with Crippen LogP contribution in [0.1, 0.15) is 23.2 Å². The van der Waals surface area contributed by atoms with Crippen molar-refractivity contribution in [1.82, 2.24) is 20.0 Å². The Balaban J connectivity index is 2.01. The molecule has 96 valence electrons. The molecule has 4 rings (SSSR count). The zero-order valence-corrected chi connectivity index (χ0v) is 10.7. The van der Waals surface area contributed by atoms with E-state index in [0.717, 1.165) is 36.0 Å². The van der Waals surface area contributed by atoms with Gasteiger partial charge in [-0.2, -0.15) is 9.94 Å². The summed E-state index contributed by atoms with van der Waals surface area (Å²) in [4.78, 5) is 4.65. The van der Waals surface area contributed by atoms with Crippen molar-refractivity contribution in [2.45, 2.75) is 19.3 Å². The van der Waals surface area contributed by atoms with Gasteiger partial charge in [0.1, 0.15) is 11.6 Å². The Kier molecular flexibility index (Phi) is 2.30. The fraction of sp³-hybridized carbons (Fsp3) is 0.200. The summed E-state index contributed by atoms with van der Waals surface area (Å²) in [5.41, 5.74) is 4.50. The molecule has 5 nitrogen and oxygen atoms in total. The normalized spacial score (nSPS) is 13.3. The summed E-state index contributed by atoms with van der Waals surface area (Å²) in [5, 5.41) is 17.6. The van der Waals surface area contributed by atoms with Crippen molar-refractivity contribution in [3.8, 4) is 11.9 Å². The minimum atomic E-state index is 0.557. The first kappa shape index (κ1) is 11.1. The largest absolute Gasteiger partial charge is 0.232 e. The van der Waals surface area contributed by atoms with Crippen LogP contribution < -0.4 is 0 Å². The van der Waals surface area contributed by atoms with E-state index in [1.165, 1.54) is 5.56 Å². The lowest BCUT2D eigenvalue weighted by Gasteiger charge is -2.07. The fourth-order valence-electron chi connectivity index (χ4n) is 2.73. The van der Waals surface area contributed by atoms with Gasteiger partial charge in [0.2, 0.25) is 0 Å². The maximum absolute atomic E-state index is 9.37. The van der Waals surface area contributed by atoms with E-state index in [-0.39, 0.29) is 0 Å². The number of nitriles is 1. The van der Waals surface area contributed by atoms with Crippen molar-refractivity contribution >= 4 is 11.0 Å². The molecule has 2 heterocycles. The summed E-state index contributed by atoms with van der Waals surface area (Å²) < 4.78 is 1.66. The number of rotatable bonds is 1. The lowest BCUT2D eigenvalue weighted by Crippen LogP contribution is -2.05. The predicted molar refractivity (Wildman–Crippen MR) is 73.4 cm³/mol. The van der Waals surface area contributed by atoms with E-state index >= 15 is 0 Å².